The minimum absolute atomic E-state index is 0.0325. The lowest BCUT2D eigenvalue weighted by Crippen LogP contribution is -2.34. The quantitative estimate of drug-likeness (QED) is 0.598. The van der Waals surface area contributed by atoms with Crippen LogP contribution in [0.1, 0.15) is 22.5 Å². The summed E-state index contributed by atoms with van der Waals surface area (Å²) < 4.78 is 33.0. The number of fused-ring (bicyclic) bond motifs is 1. The lowest BCUT2D eigenvalue weighted by molar-refractivity contribution is -0.192. The number of hydrogen-bond acceptors (Lipinski definition) is 6. The summed E-state index contributed by atoms with van der Waals surface area (Å²) in [5, 5.41) is 20.2. The summed E-state index contributed by atoms with van der Waals surface area (Å²) in [7, 11) is 0. The number of aryl methyl sites for hydroxylation is 1. The number of amides is 1. The summed E-state index contributed by atoms with van der Waals surface area (Å²) in [5.74, 6) is -2.79. The minimum Gasteiger partial charge on any atom is -0.475 e. The third-order valence-corrected chi connectivity index (χ3v) is 6.06. The Bertz CT molecular complexity index is 1090. The predicted molar refractivity (Wildman–Crippen MR) is 115 cm³/mol. The van der Waals surface area contributed by atoms with Gasteiger partial charge in [-0.2, -0.15) is 13.2 Å². The van der Waals surface area contributed by atoms with Crippen LogP contribution < -0.4 is 5.32 Å². The van der Waals surface area contributed by atoms with E-state index in [4.69, 9.17) is 9.90 Å². The fourth-order valence-corrected chi connectivity index (χ4v) is 4.22. The van der Waals surface area contributed by atoms with E-state index in [1.807, 2.05) is 11.0 Å². The molecule has 1 amide bonds. The molecule has 3 aromatic rings. The Morgan fingerprint density at radius 3 is 2.50 bits per heavy atom. The van der Waals surface area contributed by atoms with Crippen LogP contribution in [0.2, 0.25) is 0 Å². The van der Waals surface area contributed by atoms with Gasteiger partial charge in [-0.3, -0.25) is 4.79 Å². The Hall–Kier alpha value is -3.05. The van der Waals surface area contributed by atoms with Crippen LogP contribution in [-0.2, 0) is 4.79 Å². The molecule has 1 aliphatic heterocycles. The van der Waals surface area contributed by atoms with E-state index in [9.17, 15) is 18.0 Å². The molecule has 2 aromatic heterocycles. The van der Waals surface area contributed by atoms with Gasteiger partial charge < -0.3 is 15.3 Å². The van der Waals surface area contributed by atoms with Crippen LogP contribution in [0.3, 0.4) is 0 Å². The van der Waals surface area contributed by atoms with Crippen molar-refractivity contribution in [2.24, 2.45) is 0 Å². The number of benzene rings is 1. The van der Waals surface area contributed by atoms with E-state index in [1.165, 1.54) is 15.6 Å². The Kier molecular flexibility index (Phi) is 7.41. The molecule has 32 heavy (non-hydrogen) atoms. The largest absolute Gasteiger partial charge is 0.490 e. The zero-order chi connectivity index (χ0) is 23.3. The SMILES string of the molecule is Cc1cccc2cc(-c3ccc(C(=O)N4CCCNCC4)nn3)sc12.O=C(O)C(F)(F)F. The summed E-state index contributed by atoms with van der Waals surface area (Å²) in [4.78, 5) is 24.4. The average molecular weight is 466 g/mol. The predicted octanol–water partition coefficient (Wildman–Crippen LogP) is 3.74. The van der Waals surface area contributed by atoms with Crippen molar-refractivity contribution < 1.29 is 27.9 Å². The number of alkyl halides is 3. The number of halogens is 3. The average Bonchev–Trinajstić information content (AvgIpc) is 3.02. The fourth-order valence-electron chi connectivity index (χ4n) is 3.12. The van der Waals surface area contributed by atoms with Crippen molar-refractivity contribution >= 4 is 33.3 Å². The van der Waals surface area contributed by atoms with E-state index >= 15 is 0 Å². The highest BCUT2D eigenvalue weighted by molar-refractivity contribution is 7.22. The van der Waals surface area contributed by atoms with Crippen molar-refractivity contribution in [3.8, 4) is 10.6 Å². The highest BCUT2D eigenvalue weighted by Crippen LogP contribution is 2.34. The fraction of sp³-hybridized carbons (Fsp3) is 0.333. The van der Waals surface area contributed by atoms with E-state index in [0.717, 1.165) is 43.2 Å². The Balaban J connectivity index is 0.000000360. The number of carbonyl (C=O) groups is 2. The van der Waals surface area contributed by atoms with Crippen LogP contribution in [0, 0.1) is 6.92 Å². The molecule has 3 heterocycles. The first-order valence-electron chi connectivity index (χ1n) is 9.80. The maximum atomic E-state index is 12.6. The smallest absolute Gasteiger partial charge is 0.475 e. The van der Waals surface area contributed by atoms with Gasteiger partial charge in [0.1, 0.15) is 5.69 Å². The summed E-state index contributed by atoms with van der Waals surface area (Å²) in [5.41, 5.74) is 2.50. The summed E-state index contributed by atoms with van der Waals surface area (Å²) in [6.45, 7) is 5.40. The van der Waals surface area contributed by atoms with Gasteiger partial charge in [-0.15, -0.1) is 21.5 Å². The molecule has 0 spiro atoms. The molecule has 1 aliphatic rings. The normalized spacial score (nSPS) is 14.4. The molecule has 0 aliphatic carbocycles. The second-order valence-corrected chi connectivity index (χ2v) is 8.16. The molecule has 0 unspecified atom stereocenters. The van der Waals surface area contributed by atoms with Crippen LogP contribution in [0.4, 0.5) is 13.2 Å². The van der Waals surface area contributed by atoms with Gasteiger partial charge >= 0.3 is 12.1 Å². The number of carboxylic acid groups (broad SMARTS) is 1. The van der Waals surface area contributed by atoms with Crippen LogP contribution >= 0.6 is 11.3 Å². The number of hydrogen-bond donors (Lipinski definition) is 2. The second kappa shape index (κ2) is 10.0. The molecule has 2 N–H and O–H groups in total. The first kappa shape index (κ1) is 23.6. The highest BCUT2D eigenvalue weighted by atomic mass is 32.1. The maximum absolute atomic E-state index is 12.6. The van der Waals surface area contributed by atoms with Crippen molar-refractivity contribution in [1.29, 1.82) is 0 Å². The van der Waals surface area contributed by atoms with Gasteiger partial charge in [0.05, 0.1) is 4.88 Å². The summed E-state index contributed by atoms with van der Waals surface area (Å²) in [6.07, 6.45) is -4.11. The molecule has 0 bridgehead atoms. The van der Waals surface area contributed by atoms with Crippen LogP contribution in [0.15, 0.2) is 36.4 Å². The minimum atomic E-state index is -5.08. The molecule has 11 heteroatoms. The van der Waals surface area contributed by atoms with Gasteiger partial charge in [0.15, 0.2) is 5.69 Å². The van der Waals surface area contributed by atoms with E-state index in [-0.39, 0.29) is 5.91 Å². The van der Waals surface area contributed by atoms with Gasteiger partial charge in [-0.25, -0.2) is 4.79 Å². The zero-order valence-corrected chi connectivity index (χ0v) is 18.0. The van der Waals surface area contributed by atoms with Crippen molar-refractivity contribution in [3.63, 3.8) is 0 Å². The van der Waals surface area contributed by atoms with Crippen molar-refractivity contribution in [2.45, 2.75) is 19.5 Å². The molecule has 1 aromatic carbocycles. The number of rotatable bonds is 2. The second-order valence-electron chi connectivity index (χ2n) is 7.11. The molecule has 7 nitrogen and oxygen atoms in total. The monoisotopic (exact) mass is 466 g/mol. The molecular weight excluding hydrogens is 445 g/mol. The number of carbonyl (C=O) groups excluding carboxylic acids is 1. The number of aromatic nitrogens is 2. The third kappa shape index (κ3) is 5.80. The Morgan fingerprint density at radius 2 is 1.88 bits per heavy atom. The van der Waals surface area contributed by atoms with E-state index < -0.39 is 12.1 Å². The third-order valence-electron chi connectivity index (χ3n) is 4.75. The number of thiophene rings is 1. The first-order chi connectivity index (χ1) is 15.2. The van der Waals surface area contributed by atoms with Gasteiger partial charge in [0.2, 0.25) is 0 Å². The molecule has 4 rings (SSSR count). The molecule has 0 radical (unpaired) electrons. The molecular formula is C21H21F3N4O3S. The van der Waals surface area contributed by atoms with Crippen molar-refractivity contribution in [3.05, 3.63) is 47.7 Å². The van der Waals surface area contributed by atoms with Gasteiger partial charge in [-0.1, -0.05) is 18.2 Å². The Morgan fingerprint density at radius 1 is 1.12 bits per heavy atom. The maximum Gasteiger partial charge on any atom is 0.490 e. The van der Waals surface area contributed by atoms with Crippen molar-refractivity contribution in [2.75, 3.05) is 26.2 Å². The van der Waals surface area contributed by atoms with Crippen molar-refractivity contribution in [1.82, 2.24) is 20.4 Å². The van der Waals surface area contributed by atoms with E-state index in [0.29, 0.717) is 5.69 Å². The van der Waals surface area contributed by atoms with E-state index in [2.05, 4.69) is 46.7 Å². The number of nitrogens with zero attached hydrogens (tertiary/aromatic N) is 3. The van der Waals surface area contributed by atoms with Crippen LogP contribution in [0.25, 0.3) is 20.7 Å². The zero-order valence-electron chi connectivity index (χ0n) is 17.1. The molecule has 1 saturated heterocycles. The summed E-state index contributed by atoms with van der Waals surface area (Å²) in [6, 6.07) is 12.1. The lowest BCUT2D eigenvalue weighted by atomic mass is 10.2. The topological polar surface area (TPSA) is 95.4 Å². The molecule has 170 valence electrons. The summed E-state index contributed by atoms with van der Waals surface area (Å²) >= 11 is 1.72. The van der Waals surface area contributed by atoms with Gasteiger partial charge in [0.25, 0.3) is 5.91 Å². The number of aliphatic carboxylic acids is 1. The van der Waals surface area contributed by atoms with Crippen LogP contribution in [-0.4, -0.2) is 64.4 Å². The number of nitrogens with one attached hydrogen (secondary N) is 1. The number of carboxylic acids is 1. The van der Waals surface area contributed by atoms with Crippen LogP contribution in [0.5, 0.6) is 0 Å². The van der Waals surface area contributed by atoms with E-state index in [1.54, 1.807) is 17.4 Å². The lowest BCUT2D eigenvalue weighted by Gasteiger charge is -2.18. The highest BCUT2D eigenvalue weighted by Gasteiger charge is 2.38. The first-order valence-corrected chi connectivity index (χ1v) is 10.6. The molecule has 1 fully saturated rings. The molecule has 0 atom stereocenters. The van der Waals surface area contributed by atoms with Gasteiger partial charge in [0, 0.05) is 24.3 Å². The Labute approximate surface area is 185 Å². The van der Waals surface area contributed by atoms with Gasteiger partial charge in [-0.05, 0) is 49.0 Å². The standard InChI is InChI=1S/C19H20N4OS.C2HF3O2/c1-13-4-2-5-14-12-17(25-18(13)14)15-6-7-16(22-21-15)19(24)23-10-3-8-20-9-11-23;3-2(4,5)1(6)7/h2,4-7,12,20H,3,8-11H2,1H3;(H,6,7). The molecule has 0 saturated carbocycles.